The molecule has 3 aromatic rings. The average Bonchev–Trinajstić information content (AvgIpc) is 2.72. The standard InChI is InChI=1S/C13H8Cl3N3/c14-7-3-4-9(15)8(6-7)11-12(17)19-5-1-2-10(16)13(19)18-11/h1-6H,17H2. The number of rotatable bonds is 1. The van der Waals surface area contributed by atoms with E-state index >= 15 is 0 Å². The second kappa shape index (κ2) is 4.60. The van der Waals surface area contributed by atoms with Crippen LogP contribution in [0.25, 0.3) is 16.9 Å². The summed E-state index contributed by atoms with van der Waals surface area (Å²) in [6, 6.07) is 8.72. The minimum atomic E-state index is 0.474. The van der Waals surface area contributed by atoms with Crippen LogP contribution in [0.2, 0.25) is 15.1 Å². The SMILES string of the molecule is Nc1c(-c2cc(Cl)ccc2Cl)nc2c(Cl)cccn12. The molecule has 0 saturated heterocycles. The lowest BCUT2D eigenvalue weighted by atomic mass is 10.1. The molecular weight excluding hydrogens is 305 g/mol. The number of nitrogens with zero attached hydrogens (tertiary/aromatic N) is 2. The maximum atomic E-state index is 6.17. The third kappa shape index (κ3) is 2.04. The lowest BCUT2D eigenvalue weighted by molar-refractivity contribution is 1.20. The molecule has 6 heteroatoms. The van der Waals surface area contributed by atoms with E-state index in [-0.39, 0.29) is 0 Å². The molecule has 3 nitrogen and oxygen atoms in total. The molecule has 0 aliphatic carbocycles. The molecule has 0 saturated carbocycles. The summed E-state index contributed by atoms with van der Waals surface area (Å²) in [5, 5.41) is 1.64. The predicted octanol–water partition coefficient (Wildman–Crippen LogP) is 4.54. The number of fused-ring (bicyclic) bond motifs is 1. The molecule has 2 N–H and O–H groups in total. The Morgan fingerprint density at radius 3 is 2.58 bits per heavy atom. The van der Waals surface area contributed by atoms with Crippen LogP contribution in [0.5, 0.6) is 0 Å². The molecule has 0 aliphatic heterocycles. The number of pyridine rings is 1. The Morgan fingerprint density at radius 2 is 1.84 bits per heavy atom. The van der Waals surface area contributed by atoms with Crippen molar-refractivity contribution in [2.75, 3.05) is 5.73 Å². The smallest absolute Gasteiger partial charge is 0.157 e. The van der Waals surface area contributed by atoms with E-state index in [9.17, 15) is 0 Å². The van der Waals surface area contributed by atoms with Crippen molar-refractivity contribution in [2.24, 2.45) is 0 Å². The highest BCUT2D eigenvalue weighted by atomic mass is 35.5. The average molecular weight is 313 g/mol. The number of benzene rings is 1. The van der Waals surface area contributed by atoms with Gasteiger partial charge in [0, 0.05) is 16.8 Å². The Hall–Kier alpha value is -1.42. The topological polar surface area (TPSA) is 43.3 Å². The Bertz CT molecular complexity index is 780. The maximum Gasteiger partial charge on any atom is 0.157 e. The molecular formula is C13H8Cl3N3. The van der Waals surface area contributed by atoms with Crippen LogP contribution in [-0.4, -0.2) is 9.38 Å². The molecule has 0 spiro atoms. The Labute approximate surface area is 124 Å². The predicted molar refractivity (Wildman–Crippen MR) is 80.1 cm³/mol. The van der Waals surface area contributed by atoms with Crippen LogP contribution in [-0.2, 0) is 0 Å². The van der Waals surface area contributed by atoms with Crippen LogP contribution >= 0.6 is 34.8 Å². The molecule has 0 aliphatic rings. The van der Waals surface area contributed by atoms with Crippen molar-refractivity contribution >= 4 is 46.3 Å². The number of hydrogen-bond acceptors (Lipinski definition) is 2. The van der Waals surface area contributed by atoms with Gasteiger partial charge in [-0.1, -0.05) is 34.8 Å². The summed E-state index contributed by atoms with van der Waals surface area (Å²) < 4.78 is 1.72. The zero-order chi connectivity index (χ0) is 13.6. The summed E-state index contributed by atoms with van der Waals surface area (Å²) in [7, 11) is 0. The van der Waals surface area contributed by atoms with Gasteiger partial charge in [0.05, 0.1) is 10.0 Å². The first kappa shape index (κ1) is 12.6. The van der Waals surface area contributed by atoms with Crippen molar-refractivity contribution in [1.29, 1.82) is 0 Å². The molecule has 0 amide bonds. The van der Waals surface area contributed by atoms with Crippen molar-refractivity contribution in [3.05, 3.63) is 51.6 Å². The van der Waals surface area contributed by atoms with Gasteiger partial charge in [-0.25, -0.2) is 4.98 Å². The van der Waals surface area contributed by atoms with Gasteiger partial charge in [-0.3, -0.25) is 4.40 Å². The van der Waals surface area contributed by atoms with E-state index in [2.05, 4.69) is 4.98 Å². The molecule has 0 fully saturated rings. The van der Waals surface area contributed by atoms with Gasteiger partial charge in [0.25, 0.3) is 0 Å². The molecule has 1 aromatic carbocycles. The van der Waals surface area contributed by atoms with Gasteiger partial charge < -0.3 is 5.73 Å². The maximum absolute atomic E-state index is 6.17. The highest BCUT2D eigenvalue weighted by Crippen LogP contribution is 2.35. The molecule has 0 radical (unpaired) electrons. The summed E-state index contributed by atoms with van der Waals surface area (Å²) in [6.07, 6.45) is 1.80. The third-order valence-electron chi connectivity index (χ3n) is 2.82. The minimum Gasteiger partial charge on any atom is -0.383 e. The summed E-state index contributed by atoms with van der Waals surface area (Å²) >= 11 is 18.3. The lowest BCUT2D eigenvalue weighted by Crippen LogP contribution is -1.94. The number of anilines is 1. The normalized spacial score (nSPS) is 11.1. The highest BCUT2D eigenvalue weighted by molar-refractivity contribution is 6.35. The first-order chi connectivity index (χ1) is 9.08. The number of nitrogens with two attached hydrogens (primary N) is 1. The minimum absolute atomic E-state index is 0.474. The van der Waals surface area contributed by atoms with Gasteiger partial charge in [-0.2, -0.15) is 0 Å². The Balaban J connectivity index is 2.34. The highest BCUT2D eigenvalue weighted by Gasteiger charge is 2.15. The summed E-state index contributed by atoms with van der Waals surface area (Å²) in [6.45, 7) is 0. The van der Waals surface area contributed by atoms with Gasteiger partial charge in [0.15, 0.2) is 5.65 Å². The molecule has 19 heavy (non-hydrogen) atoms. The van der Waals surface area contributed by atoms with Crippen LogP contribution < -0.4 is 5.73 Å². The van der Waals surface area contributed by atoms with Crippen LogP contribution in [0.15, 0.2) is 36.5 Å². The van der Waals surface area contributed by atoms with Gasteiger partial charge in [0.1, 0.15) is 11.5 Å². The largest absolute Gasteiger partial charge is 0.383 e. The van der Waals surface area contributed by atoms with Crippen LogP contribution in [0.4, 0.5) is 5.82 Å². The van der Waals surface area contributed by atoms with Crippen molar-refractivity contribution in [1.82, 2.24) is 9.38 Å². The molecule has 0 atom stereocenters. The molecule has 0 bridgehead atoms. The van der Waals surface area contributed by atoms with E-state index < -0.39 is 0 Å². The lowest BCUT2D eigenvalue weighted by Gasteiger charge is -2.03. The van der Waals surface area contributed by atoms with Crippen molar-refractivity contribution in [3.8, 4) is 11.3 Å². The van der Waals surface area contributed by atoms with E-state index in [1.165, 1.54) is 0 Å². The summed E-state index contributed by atoms with van der Waals surface area (Å²) in [5.74, 6) is 0.474. The van der Waals surface area contributed by atoms with E-state index in [0.29, 0.717) is 37.8 Å². The fourth-order valence-electron chi connectivity index (χ4n) is 1.93. The van der Waals surface area contributed by atoms with Gasteiger partial charge in [0.2, 0.25) is 0 Å². The number of aromatic nitrogens is 2. The number of halogens is 3. The number of imidazole rings is 1. The first-order valence-electron chi connectivity index (χ1n) is 5.45. The molecule has 2 aromatic heterocycles. The van der Waals surface area contributed by atoms with Crippen LogP contribution in [0, 0.1) is 0 Å². The van der Waals surface area contributed by atoms with Crippen molar-refractivity contribution in [2.45, 2.75) is 0 Å². The molecule has 3 rings (SSSR count). The monoisotopic (exact) mass is 311 g/mol. The fraction of sp³-hybridized carbons (Fsp3) is 0. The summed E-state index contributed by atoms with van der Waals surface area (Å²) in [4.78, 5) is 4.45. The van der Waals surface area contributed by atoms with Gasteiger partial charge >= 0.3 is 0 Å². The van der Waals surface area contributed by atoms with Crippen molar-refractivity contribution in [3.63, 3.8) is 0 Å². The Morgan fingerprint density at radius 1 is 1.05 bits per heavy atom. The van der Waals surface area contributed by atoms with Gasteiger partial charge in [-0.15, -0.1) is 0 Å². The second-order valence-corrected chi connectivity index (χ2v) is 5.27. The first-order valence-corrected chi connectivity index (χ1v) is 6.59. The van der Waals surface area contributed by atoms with E-state index in [1.54, 1.807) is 40.9 Å². The van der Waals surface area contributed by atoms with Gasteiger partial charge in [-0.05, 0) is 30.3 Å². The molecule has 2 heterocycles. The zero-order valence-electron chi connectivity index (χ0n) is 9.57. The third-order valence-corrected chi connectivity index (χ3v) is 3.68. The summed E-state index contributed by atoms with van der Waals surface area (Å²) in [5.41, 5.74) is 7.95. The number of nitrogen functional groups attached to an aromatic ring is 1. The molecule has 0 unspecified atom stereocenters. The second-order valence-electron chi connectivity index (χ2n) is 4.02. The number of hydrogen-bond donors (Lipinski definition) is 1. The van der Waals surface area contributed by atoms with Crippen molar-refractivity contribution < 1.29 is 0 Å². The zero-order valence-corrected chi connectivity index (χ0v) is 11.8. The van der Waals surface area contributed by atoms with E-state index in [1.807, 2.05) is 0 Å². The quantitative estimate of drug-likeness (QED) is 0.716. The Kier molecular flexibility index (Phi) is 3.05. The van der Waals surface area contributed by atoms with Crippen LogP contribution in [0.1, 0.15) is 0 Å². The van der Waals surface area contributed by atoms with E-state index in [0.717, 1.165) is 0 Å². The van der Waals surface area contributed by atoms with Crippen LogP contribution in [0.3, 0.4) is 0 Å². The fourth-order valence-corrected chi connectivity index (χ4v) is 2.52. The van der Waals surface area contributed by atoms with E-state index in [4.69, 9.17) is 40.5 Å². The molecule has 96 valence electrons.